The van der Waals surface area contributed by atoms with E-state index in [-0.39, 0.29) is 29.8 Å². The Morgan fingerprint density at radius 2 is 1.79 bits per heavy atom. The van der Waals surface area contributed by atoms with E-state index in [0.717, 1.165) is 109 Å². The molecule has 0 bridgehead atoms. The number of piperidine rings is 1. The number of unbranched alkanes of at least 4 members (excludes halogenated alkanes) is 2. The molecule has 3 aromatic heterocycles. The van der Waals surface area contributed by atoms with E-state index in [1.54, 1.807) is 11.3 Å². The number of thiazole rings is 1. The summed E-state index contributed by atoms with van der Waals surface area (Å²) in [6.45, 7) is 10.9. The lowest BCUT2D eigenvalue weighted by Crippen LogP contribution is -2.35. The van der Waals surface area contributed by atoms with E-state index in [0.29, 0.717) is 23.5 Å². The molecule has 3 aromatic carbocycles. The number of rotatable bonds is 11. The molecule has 1 saturated heterocycles. The summed E-state index contributed by atoms with van der Waals surface area (Å²) in [5.41, 5.74) is 8.63. The molecule has 2 aliphatic rings. The molecule has 12 heteroatoms. The molecule has 0 spiro atoms. The van der Waals surface area contributed by atoms with E-state index < -0.39 is 5.60 Å². The fourth-order valence-corrected chi connectivity index (χ4v) is 10.3. The fraction of sp³-hybridized carbons (Fsp3) is 0.467. The van der Waals surface area contributed by atoms with Crippen LogP contribution in [0.25, 0.3) is 38.2 Å². The third kappa shape index (κ3) is 8.56. The lowest BCUT2D eigenvalue weighted by molar-refractivity contribution is 0.0500. The Bertz CT molecular complexity index is 2440. The maximum absolute atomic E-state index is 13.4. The van der Waals surface area contributed by atoms with E-state index in [2.05, 4.69) is 87.5 Å². The second kappa shape index (κ2) is 16.6. The molecule has 3 atom stereocenters. The van der Waals surface area contributed by atoms with Crippen molar-refractivity contribution in [2.75, 3.05) is 19.6 Å². The second-order valence-corrected chi connectivity index (χ2v) is 18.7. The van der Waals surface area contributed by atoms with Crippen LogP contribution < -0.4 is 10.9 Å². The number of nitrogens with zero attached hydrogens (tertiary/aromatic N) is 5. The summed E-state index contributed by atoms with van der Waals surface area (Å²) in [5, 5.41) is 14.3. The zero-order chi connectivity index (χ0) is 39.8. The summed E-state index contributed by atoms with van der Waals surface area (Å²) in [6.07, 6.45) is 7.79. The largest absolute Gasteiger partial charge is 0.444 e. The quantitative estimate of drug-likeness (QED) is 0.125. The van der Waals surface area contributed by atoms with Crippen molar-refractivity contribution in [1.29, 1.82) is 0 Å². The van der Waals surface area contributed by atoms with Crippen molar-refractivity contribution in [2.24, 2.45) is 0 Å². The molecule has 0 radical (unpaired) electrons. The van der Waals surface area contributed by atoms with Gasteiger partial charge in [0.25, 0.3) is 5.56 Å². The Labute approximate surface area is 346 Å². The van der Waals surface area contributed by atoms with Crippen LogP contribution >= 0.6 is 27.3 Å². The van der Waals surface area contributed by atoms with Gasteiger partial charge in [-0.1, -0.05) is 49.2 Å². The lowest BCUT2D eigenvalue weighted by Gasteiger charge is -2.32. The summed E-state index contributed by atoms with van der Waals surface area (Å²) in [4.78, 5) is 39.0. The van der Waals surface area contributed by atoms with Crippen LogP contribution in [-0.2, 0) is 4.74 Å². The van der Waals surface area contributed by atoms with Gasteiger partial charge in [-0.2, -0.15) is 4.98 Å². The number of ether oxygens (including phenoxy) is 1. The van der Waals surface area contributed by atoms with Crippen LogP contribution in [-0.4, -0.2) is 66.4 Å². The van der Waals surface area contributed by atoms with Crippen molar-refractivity contribution in [3.05, 3.63) is 97.8 Å². The van der Waals surface area contributed by atoms with Crippen molar-refractivity contribution in [2.45, 2.75) is 115 Å². The first-order chi connectivity index (χ1) is 27.4. The Balaban J connectivity index is 0.904. The van der Waals surface area contributed by atoms with E-state index in [1.807, 2.05) is 51.4 Å². The number of halogens is 1. The molecule has 2 N–H and O–H groups in total. The van der Waals surface area contributed by atoms with Crippen LogP contribution in [0.2, 0.25) is 0 Å². The monoisotopic (exact) mass is 852 g/mol. The van der Waals surface area contributed by atoms with Crippen molar-refractivity contribution in [1.82, 2.24) is 29.2 Å². The van der Waals surface area contributed by atoms with Crippen molar-refractivity contribution in [3.8, 4) is 10.4 Å². The van der Waals surface area contributed by atoms with Gasteiger partial charge >= 0.3 is 6.09 Å². The summed E-state index contributed by atoms with van der Waals surface area (Å²) in [5.74, 6) is 1.11. The number of nitrogens with one attached hydrogen (secondary N) is 1. The molecular formula is C45H53BrN6O4S. The average Bonchev–Trinajstić information content (AvgIpc) is 3.89. The molecule has 1 aliphatic heterocycles. The van der Waals surface area contributed by atoms with Crippen LogP contribution in [0.15, 0.2) is 75.4 Å². The van der Waals surface area contributed by atoms with E-state index >= 15 is 0 Å². The Hall–Kier alpha value is -4.10. The highest BCUT2D eigenvalue weighted by molar-refractivity contribution is 9.10. The van der Waals surface area contributed by atoms with Gasteiger partial charge in [0.1, 0.15) is 5.60 Å². The number of aliphatic hydroxyl groups excluding tert-OH is 1. The first-order valence-corrected chi connectivity index (χ1v) is 22.2. The second-order valence-electron chi connectivity index (χ2n) is 17.0. The first kappa shape index (κ1) is 39.7. The summed E-state index contributed by atoms with van der Waals surface area (Å²) in [6, 6.07) is 21.1. The number of carbonyl (C=O) groups is 1. The maximum Gasteiger partial charge on any atom is 0.408 e. The molecule has 1 amide bonds. The van der Waals surface area contributed by atoms with E-state index in [4.69, 9.17) is 4.74 Å². The molecule has 1 aliphatic carbocycles. The normalized spacial score (nSPS) is 18.8. The molecule has 0 unspecified atom stereocenters. The minimum absolute atomic E-state index is 0.0866. The minimum Gasteiger partial charge on any atom is -0.444 e. The summed E-state index contributed by atoms with van der Waals surface area (Å²) >= 11 is 5.24. The maximum atomic E-state index is 13.4. The minimum atomic E-state index is -0.561. The predicted molar refractivity (Wildman–Crippen MR) is 232 cm³/mol. The summed E-state index contributed by atoms with van der Waals surface area (Å²) in [7, 11) is 0. The molecule has 300 valence electrons. The number of carbonyl (C=O) groups excluding carboxylic acids is 1. The van der Waals surface area contributed by atoms with Gasteiger partial charge in [-0.15, -0.1) is 11.3 Å². The number of imidazole rings is 1. The van der Waals surface area contributed by atoms with Gasteiger partial charge in [-0.3, -0.25) is 9.20 Å². The van der Waals surface area contributed by atoms with Gasteiger partial charge in [0, 0.05) is 10.5 Å². The number of fused-ring (bicyclic) bond motifs is 5. The standard InChI is InChI=1S/C45H53BrN6O4S/c1-28-41(57-27-47-28)31-14-12-30(13-15-31)36(48-44(55)56-45(2,3)4)10-6-5-7-22-50-23-20-29(21-24-50)32-16-19-37-39(25-32)51(33-17-18-34(53)26-33)43-49-42(54)40-35(46)9-8-11-38(40)52(37)43/h8-9,11-16,19,25,27,29,33-34,36,53H,5-7,10,17-18,20-24,26H2,1-4H3,(H,48,55)/t33-,34+,36-/m0/s1. The molecule has 8 rings (SSSR count). The number of hydrogen-bond acceptors (Lipinski definition) is 8. The molecule has 6 aromatic rings. The number of aliphatic hydroxyl groups is 1. The zero-order valence-electron chi connectivity index (χ0n) is 33.3. The zero-order valence-corrected chi connectivity index (χ0v) is 35.7. The van der Waals surface area contributed by atoms with Crippen molar-refractivity contribution < 1.29 is 14.6 Å². The molecular weight excluding hydrogens is 801 g/mol. The predicted octanol–water partition coefficient (Wildman–Crippen LogP) is 10.1. The number of aryl methyl sites for hydroxylation is 1. The molecule has 10 nitrogen and oxygen atoms in total. The van der Waals surface area contributed by atoms with Gasteiger partial charge < -0.3 is 24.6 Å². The number of likely N-dealkylation sites (tertiary alicyclic amines) is 1. The first-order valence-electron chi connectivity index (χ1n) is 20.5. The number of hydrogen-bond donors (Lipinski definition) is 2. The molecule has 57 heavy (non-hydrogen) atoms. The van der Waals surface area contributed by atoms with Crippen molar-refractivity contribution in [3.63, 3.8) is 0 Å². The fourth-order valence-electron chi connectivity index (χ4n) is 9.00. The topological polar surface area (TPSA) is 114 Å². The molecule has 4 heterocycles. The van der Waals surface area contributed by atoms with Crippen LogP contribution in [0.1, 0.15) is 113 Å². The van der Waals surface area contributed by atoms with Crippen LogP contribution in [0.3, 0.4) is 0 Å². The lowest BCUT2D eigenvalue weighted by atomic mass is 9.89. The van der Waals surface area contributed by atoms with Gasteiger partial charge in [0.15, 0.2) is 0 Å². The van der Waals surface area contributed by atoms with Crippen LogP contribution in [0.4, 0.5) is 4.79 Å². The highest BCUT2D eigenvalue weighted by atomic mass is 79.9. The highest BCUT2D eigenvalue weighted by Crippen LogP contribution is 2.39. The Kier molecular flexibility index (Phi) is 11.6. The Morgan fingerprint density at radius 1 is 1.00 bits per heavy atom. The smallest absolute Gasteiger partial charge is 0.408 e. The molecule has 2 fully saturated rings. The van der Waals surface area contributed by atoms with Gasteiger partial charge in [0.2, 0.25) is 5.78 Å². The SMILES string of the molecule is Cc1ncsc1-c1ccc([C@H](CCCCCN2CCC(c3ccc4c(c3)n([C@H]3CC[C@@H](O)C3)c3nc(=O)c5c(Br)cccc5n43)CC2)NC(=O)OC(C)(C)C)cc1. The summed E-state index contributed by atoms with van der Waals surface area (Å²) < 4.78 is 10.7. The Morgan fingerprint density at radius 3 is 2.49 bits per heavy atom. The number of aromatic nitrogens is 4. The molecule has 1 saturated carbocycles. The van der Waals surface area contributed by atoms with Crippen LogP contribution in [0.5, 0.6) is 0 Å². The number of alkyl carbamates (subject to hydrolysis) is 1. The highest BCUT2D eigenvalue weighted by Gasteiger charge is 2.30. The van der Waals surface area contributed by atoms with Gasteiger partial charge in [0.05, 0.1) is 50.2 Å². The van der Waals surface area contributed by atoms with Crippen LogP contribution in [0, 0.1) is 6.92 Å². The van der Waals surface area contributed by atoms with E-state index in [1.165, 1.54) is 10.4 Å². The van der Waals surface area contributed by atoms with Gasteiger partial charge in [-0.05, 0) is 155 Å². The third-order valence-corrected chi connectivity index (χ3v) is 13.5. The number of benzene rings is 3. The number of amides is 1. The van der Waals surface area contributed by atoms with E-state index in [9.17, 15) is 14.7 Å². The van der Waals surface area contributed by atoms with Gasteiger partial charge in [-0.25, -0.2) is 9.78 Å². The van der Waals surface area contributed by atoms with Crippen molar-refractivity contribution >= 4 is 61.1 Å². The average molecular weight is 854 g/mol. The third-order valence-electron chi connectivity index (χ3n) is 11.8.